The standard InChI is InChI=1S/C40H60N4O6S2/c1-4-5-6-7-8-9-10-11-12-13-14-15-16-17-18-19-20-21-22-25-37(47)42-27-28-51-52-40(2,3)35(31-44-39(49)50-33-36(46)32-45)30-43-38(48)34-24-23-26-41-29-34/h5-6,8-9,11-12,14-15,17-18,20-21,23-24,26,29,35-36,45-46H,4,7,10,13,16,19,22,25,27-28,30-33H2,1-3H3,(H,42,47)(H,43,48)(H,44,49)/b6-5-,9-8-,12-11-,15-14-,18-17-,21-20-/t35-,36+/m1/s1. The molecule has 0 saturated carbocycles. The predicted octanol–water partition coefficient (Wildman–Crippen LogP) is 7.26. The SMILES string of the molecule is CC/C=C\C/C=C\C/C=C\C/C=C\C/C=C\C/C=C\CCC(=O)NCCSSC(C)(C)[C@@H](CNC(=O)OC[C@@H](O)CO)CNC(=O)c1cccnc1. The van der Waals surface area contributed by atoms with Crippen LogP contribution in [0.5, 0.6) is 0 Å². The van der Waals surface area contributed by atoms with Gasteiger partial charge in [0.25, 0.3) is 5.91 Å². The van der Waals surface area contributed by atoms with Crippen molar-refractivity contribution in [3.8, 4) is 0 Å². The molecule has 0 aromatic carbocycles. The fourth-order valence-corrected chi connectivity index (χ4v) is 6.99. The zero-order valence-electron chi connectivity index (χ0n) is 31.1. The lowest BCUT2D eigenvalue weighted by Crippen LogP contribution is -2.45. The number of carbonyl (C=O) groups excluding carboxylic acids is 3. The number of hydrogen-bond donors (Lipinski definition) is 5. The number of carbonyl (C=O) groups is 3. The Morgan fingerprint density at radius 2 is 1.44 bits per heavy atom. The van der Waals surface area contributed by atoms with Crippen molar-refractivity contribution in [2.45, 2.75) is 83.0 Å². The summed E-state index contributed by atoms with van der Waals surface area (Å²) in [4.78, 5) is 41.1. The van der Waals surface area contributed by atoms with Crippen molar-refractivity contribution in [3.05, 3.63) is 103 Å². The maximum Gasteiger partial charge on any atom is 0.407 e. The minimum Gasteiger partial charge on any atom is -0.447 e. The number of amides is 3. The van der Waals surface area contributed by atoms with Gasteiger partial charge in [0, 0.05) is 54.9 Å². The Balaban J connectivity index is 2.31. The molecule has 0 aliphatic rings. The van der Waals surface area contributed by atoms with Gasteiger partial charge >= 0.3 is 6.09 Å². The Labute approximate surface area is 319 Å². The molecule has 3 amide bonds. The van der Waals surface area contributed by atoms with Gasteiger partial charge in [-0.3, -0.25) is 14.6 Å². The lowest BCUT2D eigenvalue weighted by molar-refractivity contribution is -0.120. The van der Waals surface area contributed by atoms with Crippen molar-refractivity contribution in [2.75, 3.05) is 38.6 Å². The molecule has 12 heteroatoms. The fourth-order valence-electron chi connectivity index (χ4n) is 4.30. The molecule has 0 unspecified atom stereocenters. The van der Waals surface area contributed by atoms with Crippen LogP contribution in [0.3, 0.4) is 0 Å². The molecule has 1 heterocycles. The van der Waals surface area contributed by atoms with Crippen molar-refractivity contribution in [1.82, 2.24) is 20.9 Å². The third-order valence-electron chi connectivity index (χ3n) is 7.44. The van der Waals surface area contributed by atoms with Crippen molar-refractivity contribution in [3.63, 3.8) is 0 Å². The summed E-state index contributed by atoms with van der Waals surface area (Å²) in [6.07, 6.45) is 34.0. The highest BCUT2D eigenvalue weighted by Crippen LogP contribution is 2.40. The van der Waals surface area contributed by atoms with Crippen LogP contribution in [0.1, 0.15) is 82.5 Å². The van der Waals surface area contributed by atoms with Crippen molar-refractivity contribution >= 4 is 39.5 Å². The van der Waals surface area contributed by atoms with Crippen LogP contribution in [0.4, 0.5) is 4.79 Å². The molecule has 5 N–H and O–H groups in total. The van der Waals surface area contributed by atoms with Gasteiger partial charge in [0.1, 0.15) is 12.7 Å². The minimum atomic E-state index is -1.15. The van der Waals surface area contributed by atoms with E-state index in [0.29, 0.717) is 30.7 Å². The number of aromatic nitrogens is 1. The summed E-state index contributed by atoms with van der Waals surface area (Å²) in [6.45, 7) is 6.36. The molecule has 1 aromatic heterocycles. The summed E-state index contributed by atoms with van der Waals surface area (Å²) in [5.41, 5.74) is 0.433. The lowest BCUT2D eigenvalue weighted by atomic mass is 9.94. The van der Waals surface area contributed by atoms with Gasteiger partial charge < -0.3 is 30.9 Å². The zero-order valence-corrected chi connectivity index (χ0v) is 32.7. The number of alkyl carbamates (subject to hydrolysis) is 1. The normalized spacial score (nSPS) is 13.6. The Kier molecular flexibility index (Phi) is 27.7. The first-order valence-electron chi connectivity index (χ1n) is 18.0. The molecule has 52 heavy (non-hydrogen) atoms. The second-order valence-electron chi connectivity index (χ2n) is 12.3. The summed E-state index contributed by atoms with van der Waals surface area (Å²) >= 11 is 0. The predicted molar refractivity (Wildman–Crippen MR) is 217 cm³/mol. The Morgan fingerprint density at radius 3 is 2.00 bits per heavy atom. The van der Waals surface area contributed by atoms with Crippen LogP contribution in [0.15, 0.2) is 97.4 Å². The van der Waals surface area contributed by atoms with E-state index in [1.165, 1.54) is 6.20 Å². The van der Waals surface area contributed by atoms with Crippen molar-refractivity contribution in [1.29, 1.82) is 0 Å². The summed E-state index contributed by atoms with van der Waals surface area (Å²) in [6, 6.07) is 3.36. The van der Waals surface area contributed by atoms with Crippen molar-refractivity contribution < 1.29 is 29.3 Å². The maximum absolute atomic E-state index is 12.7. The van der Waals surface area contributed by atoms with Crippen LogP contribution in [0.25, 0.3) is 0 Å². The maximum atomic E-state index is 12.7. The van der Waals surface area contributed by atoms with Gasteiger partial charge in [-0.15, -0.1) is 0 Å². The van der Waals surface area contributed by atoms with E-state index in [0.717, 1.165) is 38.5 Å². The third kappa shape index (κ3) is 25.4. The quantitative estimate of drug-likeness (QED) is 0.0338. The van der Waals surface area contributed by atoms with E-state index >= 15 is 0 Å². The molecule has 288 valence electrons. The third-order valence-corrected chi connectivity index (χ3v) is 10.8. The van der Waals surface area contributed by atoms with Crippen LogP contribution in [-0.4, -0.2) is 82.6 Å². The Morgan fingerprint density at radius 1 is 0.865 bits per heavy atom. The zero-order chi connectivity index (χ0) is 38.1. The van der Waals surface area contributed by atoms with Gasteiger partial charge in [-0.2, -0.15) is 0 Å². The summed E-state index contributed by atoms with van der Waals surface area (Å²) < 4.78 is 4.56. The molecule has 0 radical (unpaired) electrons. The van der Waals surface area contributed by atoms with E-state index in [4.69, 9.17) is 9.84 Å². The lowest BCUT2D eigenvalue weighted by Gasteiger charge is -2.33. The second kappa shape index (κ2) is 31.0. The molecule has 1 aromatic rings. The first kappa shape index (κ1) is 46.4. The Bertz CT molecular complexity index is 1300. The average molecular weight is 757 g/mol. The van der Waals surface area contributed by atoms with Gasteiger partial charge in [-0.1, -0.05) is 101 Å². The largest absolute Gasteiger partial charge is 0.447 e. The van der Waals surface area contributed by atoms with E-state index in [9.17, 15) is 19.5 Å². The van der Waals surface area contributed by atoms with Crippen LogP contribution in [0.2, 0.25) is 0 Å². The van der Waals surface area contributed by atoms with E-state index in [1.807, 2.05) is 19.9 Å². The highest BCUT2D eigenvalue weighted by molar-refractivity contribution is 8.77. The van der Waals surface area contributed by atoms with E-state index in [1.54, 1.807) is 39.9 Å². The monoisotopic (exact) mass is 756 g/mol. The van der Waals surface area contributed by atoms with Crippen LogP contribution >= 0.6 is 21.6 Å². The molecule has 0 bridgehead atoms. The minimum absolute atomic E-state index is 0.00871. The number of ether oxygens (including phenoxy) is 1. The molecule has 0 fully saturated rings. The van der Waals surface area contributed by atoms with Crippen molar-refractivity contribution in [2.24, 2.45) is 5.92 Å². The number of nitrogens with zero attached hydrogens (tertiary/aromatic N) is 1. The summed E-state index contributed by atoms with van der Waals surface area (Å²) in [5.74, 6) is 0.224. The van der Waals surface area contributed by atoms with Gasteiger partial charge in [-0.25, -0.2) is 4.79 Å². The molecular weight excluding hydrogens is 697 g/mol. The first-order valence-corrected chi connectivity index (χ1v) is 20.4. The number of hydrogen-bond acceptors (Lipinski definition) is 9. The smallest absolute Gasteiger partial charge is 0.407 e. The molecule has 0 aliphatic carbocycles. The number of pyridine rings is 1. The van der Waals surface area contributed by atoms with E-state index in [-0.39, 0.29) is 37.4 Å². The first-order chi connectivity index (χ1) is 25.2. The van der Waals surface area contributed by atoms with E-state index < -0.39 is 23.6 Å². The number of allylic oxidation sites excluding steroid dienone is 12. The summed E-state index contributed by atoms with van der Waals surface area (Å²) in [7, 11) is 3.21. The highest BCUT2D eigenvalue weighted by atomic mass is 33.1. The van der Waals surface area contributed by atoms with Crippen LogP contribution in [-0.2, 0) is 9.53 Å². The van der Waals surface area contributed by atoms with Crippen LogP contribution < -0.4 is 16.0 Å². The topological polar surface area (TPSA) is 150 Å². The Hall–Kier alpha value is -3.58. The molecule has 1 rings (SSSR count). The second-order valence-corrected chi connectivity index (χ2v) is 15.3. The molecule has 0 saturated heterocycles. The summed E-state index contributed by atoms with van der Waals surface area (Å²) in [5, 5.41) is 27.0. The van der Waals surface area contributed by atoms with Gasteiger partial charge in [0.15, 0.2) is 0 Å². The average Bonchev–Trinajstić information content (AvgIpc) is 3.14. The number of aliphatic hydroxyl groups excluding tert-OH is 2. The molecule has 0 aliphatic heterocycles. The molecule has 2 atom stereocenters. The molecule has 10 nitrogen and oxygen atoms in total. The number of rotatable bonds is 28. The highest BCUT2D eigenvalue weighted by Gasteiger charge is 2.31. The number of aliphatic hydroxyl groups is 2. The molecular formula is C40H60N4O6S2. The molecule has 0 spiro atoms. The number of nitrogens with one attached hydrogen (secondary N) is 3. The van der Waals surface area contributed by atoms with Gasteiger partial charge in [0.2, 0.25) is 5.91 Å². The fraction of sp³-hybridized carbons (Fsp3) is 0.500. The van der Waals surface area contributed by atoms with Crippen LogP contribution in [0, 0.1) is 5.92 Å². The van der Waals surface area contributed by atoms with Gasteiger partial charge in [0.05, 0.1) is 12.2 Å². The van der Waals surface area contributed by atoms with Gasteiger partial charge in [-0.05, 0) is 70.9 Å². The van der Waals surface area contributed by atoms with E-state index in [2.05, 4.69) is 94.7 Å².